The maximum absolute atomic E-state index is 5.42. The van der Waals surface area contributed by atoms with Crippen LogP contribution >= 0.6 is 0 Å². The summed E-state index contributed by atoms with van der Waals surface area (Å²) in [5.74, 6) is 1.64. The lowest BCUT2D eigenvalue weighted by Crippen LogP contribution is -2.09. The Labute approximate surface area is 364 Å². The predicted molar refractivity (Wildman–Crippen MR) is 264 cm³/mol. The largest absolute Gasteiger partial charge is 0.497 e. The van der Waals surface area contributed by atoms with E-state index in [2.05, 4.69) is 218 Å². The number of anilines is 6. The highest BCUT2D eigenvalue weighted by molar-refractivity contribution is 6.00. The second-order valence-electron chi connectivity index (χ2n) is 15.7. The zero-order valence-corrected chi connectivity index (χ0v) is 35.5. The third-order valence-electron chi connectivity index (χ3n) is 11.3. The van der Waals surface area contributed by atoms with Gasteiger partial charge in [0.15, 0.2) is 0 Å². The molecule has 0 radical (unpaired) electrons. The maximum atomic E-state index is 5.42. The fraction of sp³-hybridized carbons (Fsp3) is 0.0690. The van der Waals surface area contributed by atoms with Crippen molar-refractivity contribution in [3.63, 3.8) is 0 Å². The molecule has 0 atom stereocenters. The molecule has 0 aliphatic carbocycles. The number of rotatable bonds is 12. The van der Waals surface area contributed by atoms with E-state index in [1.165, 1.54) is 38.2 Å². The van der Waals surface area contributed by atoms with Crippen LogP contribution in [0.1, 0.15) is 33.4 Å². The molecular formula is C58H48N2O2. The molecule has 0 bridgehead atoms. The van der Waals surface area contributed by atoms with Gasteiger partial charge >= 0.3 is 0 Å². The van der Waals surface area contributed by atoms with Crippen LogP contribution < -0.4 is 19.3 Å². The van der Waals surface area contributed by atoms with Crippen LogP contribution in [0, 0.1) is 13.8 Å². The molecule has 0 aliphatic heterocycles. The Hall–Kier alpha value is -7.82. The lowest BCUT2D eigenvalue weighted by molar-refractivity contribution is 0.415. The Morgan fingerprint density at radius 2 is 0.565 bits per heavy atom. The third-order valence-corrected chi connectivity index (χ3v) is 11.3. The lowest BCUT2D eigenvalue weighted by Gasteiger charge is -2.26. The molecule has 0 spiro atoms. The van der Waals surface area contributed by atoms with Gasteiger partial charge in [0.2, 0.25) is 0 Å². The summed E-state index contributed by atoms with van der Waals surface area (Å²) in [6.45, 7) is 4.25. The van der Waals surface area contributed by atoms with Crippen molar-refractivity contribution in [3.8, 4) is 11.5 Å². The molecule has 0 N–H and O–H groups in total. The minimum absolute atomic E-state index is 0.822. The van der Waals surface area contributed by atoms with Crippen LogP contribution in [-0.4, -0.2) is 14.2 Å². The quantitative estimate of drug-likeness (QED) is 0.0907. The zero-order chi connectivity index (χ0) is 42.4. The van der Waals surface area contributed by atoms with E-state index in [0.29, 0.717) is 0 Å². The topological polar surface area (TPSA) is 24.9 Å². The van der Waals surface area contributed by atoms with Gasteiger partial charge in [-0.05, 0) is 179 Å². The van der Waals surface area contributed by atoms with Crippen molar-refractivity contribution in [2.45, 2.75) is 13.8 Å². The second kappa shape index (κ2) is 17.8. The zero-order valence-electron chi connectivity index (χ0n) is 35.5. The number of methoxy groups -OCH3 is 2. The van der Waals surface area contributed by atoms with Gasteiger partial charge in [0, 0.05) is 34.1 Å². The summed E-state index contributed by atoms with van der Waals surface area (Å²) < 4.78 is 10.8. The number of nitrogens with zero attached hydrogens (tertiary/aromatic N) is 2. The van der Waals surface area contributed by atoms with Crippen molar-refractivity contribution in [2.75, 3.05) is 24.0 Å². The Bertz CT molecular complexity index is 2910. The summed E-state index contributed by atoms with van der Waals surface area (Å²) in [4.78, 5) is 4.53. The van der Waals surface area contributed by atoms with Crippen LogP contribution in [0.15, 0.2) is 194 Å². The molecule has 0 heterocycles. The van der Waals surface area contributed by atoms with E-state index in [1.54, 1.807) is 14.2 Å². The van der Waals surface area contributed by atoms with Gasteiger partial charge in [-0.25, -0.2) is 0 Å². The summed E-state index contributed by atoms with van der Waals surface area (Å²) >= 11 is 0. The van der Waals surface area contributed by atoms with E-state index in [1.807, 2.05) is 24.3 Å². The van der Waals surface area contributed by atoms with E-state index in [-0.39, 0.29) is 0 Å². The molecule has 0 saturated carbocycles. The maximum Gasteiger partial charge on any atom is 0.119 e. The van der Waals surface area contributed by atoms with E-state index in [9.17, 15) is 0 Å². The number of aryl methyl sites for hydroxylation is 2. The first-order chi connectivity index (χ1) is 30.4. The number of hydrogen-bond donors (Lipinski definition) is 0. The molecule has 0 unspecified atom stereocenters. The van der Waals surface area contributed by atoms with Crippen molar-refractivity contribution in [1.29, 1.82) is 0 Å². The number of fused-ring (bicyclic) bond motifs is 2. The molecular weight excluding hydrogens is 757 g/mol. The molecule has 0 aliphatic rings. The van der Waals surface area contributed by atoms with Crippen molar-refractivity contribution < 1.29 is 9.47 Å². The summed E-state index contributed by atoms with van der Waals surface area (Å²) in [6, 6.07) is 69.1. The van der Waals surface area contributed by atoms with Crippen LogP contribution in [0.4, 0.5) is 34.1 Å². The van der Waals surface area contributed by atoms with Gasteiger partial charge < -0.3 is 19.3 Å². The Kier molecular flexibility index (Phi) is 11.4. The summed E-state index contributed by atoms with van der Waals surface area (Å²) in [6.07, 6.45) is 8.75. The molecule has 0 amide bonds. The van der Waals surface area contributed by atoms with Gasteiger partial charge in [0.25, 0.3) is 0 Å². The van der Waals surface area contributed by atoms with Gasteiger partial charge in [-0.3, -0.25) is 0 Å². The Morgan fingerprint density at radius 1 is 0.290 bits per heavy atom. The van der Waals surface area contributed by atoms with Gasteiger partial charge in [0.1, 0.15) is 11.5 Å². The highest BCUT2D eigenvalue weighted by Gasteiger charge is 2.14. The first kappa shape index (κ1) is 39.6. The average Bonchev–Trinajstić information content (AvgIpc) is 3.32. The highest BCUT2D eigenvalue weighted by Crippen LogP contribution is 2.37. The number of hydrogen-bond acceptors (Lipinski definition) is 4. The van der Waals surface area contributed by atoms with E-state index < -0.39 is 0 Å². The van der Waals surface area contributed by atoms with Crippen molar-refractivity contribution >= 4 is 80.0 Å². The third kappa shape index (κ3) is 8.86. The molecule has 0 fully saturated rings. The van der Waals surface area contributed by atoms with Gasteiger partial charge in [-0.15, -0.1) is 0 Å². The summed E-state index contributed by atoms with van der Waals surface area (Å²) in [7, 11) is 3.37. The monoisotopic (exact) mass is 804 g/mol. The van der Waals surface area contributed by atoms with E-state index >= 15 is 0 Å². The molecule has 4 heteroatoms. The molecule has 0 aromatic heterocycles. The fourth-order valence-electron chi connectivity index (χ4n) is 7.84. The number of ether oxygens (including phenoxy) is 2. The molecule has 9 rings (SSSR count). The average molecular weight is 805 g/mol. The minimum atomic E-state index is 0.822. The first-order valence-corrected chi connectivity index (χ1v) is 20.9. The van der Waals surface area contributed by atoms with Crippen LogP contribution in [0.25, 0.3) is 45.8 Å². The van der Waals surface area contributed by atoms with Crippen molar-refractivity contribution in [3.05, 3.63) is 228 Å². The molecule has 9 aromatic carbocycles. The van der Waals surface area contributed by atoms with Crippen LogP contribution in [0.2, 0.25) is 0 Å². The number of benzene rings is 9. The molecule has 62 heavy (non-hydrogen) atoms. The lowest BCUT2D eigenvalue weighted by atomic mass is 9.99. The second-order valence-corrected chi connectivity index (χ2v) is 15.7. The summed E-state index contributed by atoms with van der Waals surface area (Å²) in [5, 5.41) is 4.89. The predicted octanol–water partition coefficient (Wildman–Crippen LogP) is 15.9. The smallest absolute Gasteiger partial charge is 0.119 e. The SMILES string of the molecule is COc1ccc(N(c2ccc(/C=C\c3ccc4cc5cc(/C=C\c6ccc(N(c7ccc(C)cc7)c7ccc(C)cc7)cc6)ccc5cc4c3)cc2)c2ccc(OC)cc2)cc1. The minimum Gasteiger partial charge on any atom is -0.497 e. The highest BCUT2D eigenvalue weighted by atomic mass is 16.5. The van der Waals surface area contributed by atoms with Gasteiger partial charge in [-0.2, -0.15) is 0 Å². The molecule has 9 aromatic rings. The van der Waals surface area contributed by atoms with Gasteiger partial charge in [0.05, 0.1) is 14.2 Å². The Morgan fingerprint density at radius 3 is 0.887 bits per heavy atom. The van der Waals surface area contributed by atoms with Crippen LogP contribution in [-0.2, 0) is 0 Å². The molecule has 302 valence electrons. The van der Waals surface area contributed by atoms with Crippen LogP contribution in [0.5, 0.6) is 11.5 Å². The first-order valence-electron chi connectivity index (χ1n) is 20.9. The van der Waals surface area contributed by atoms with E-state index in [4.69, 9.17) is 9.47 Å². The molecule has 0 saturated heterocycles. The van der Waals surface area contributed by atoms with Crippen LogP contribution in [0.3, 0.4) is 0 Å². The fourth-order valence-corrected chi connectivity index (χ4v) is 7.84. The molecule has 4 nitrogen and oxygen atoms in total. The van der Waals surface area contributed by atoms with Crippen molar-refractivity contribution in [1.82, 2.24) is 0 Å². The summed E-state index contributed by atoms with van der Waals surface area (Å²) in [5.41, 5.74) is 13.6. The normalized spacial score (nSPS) is 11.4. The Balaban J connectivity index is 0.900. The van der Waals surface area contributed by atoms with Crippen molar-refractivity contribution in [2.24, 2.45) is 0 Å². The van der Waals surface area contributed by atoms with E-state index in [0.717, 1.165) is 62.3 Å². The van der Waals surface area contributed by atoms with Gasteiger partial charge in [-0.1, -0.05) is 108 Å². The standard InChI is InChI=1S/C58H48N2O2/c1-41-5-21-51(22-6-41)59(52-23-7-42(2)8-24-52)53-25-15-43(16-26-53)9-11-45-13-19-47-40-50-38-46(14-20-48(50)39-49(47)37-45)12-10-44-17-27-54(28-18-44)60(55-29-33-57(61-3)34-30-55)56-31-35-58(62-4)36-32-56/h5-40H,1-4H3/b11-9-,12-10-.